The van der Waals surface area contributed by atoms with Gasteiger partial charge in [-0.2, -0.15) is 5.26 Å². The lowest BCUT2D eigenvalue weighted by atomic mass is 10.0. The molecule has 1 aliphatic heterocycles. The zero-order chi connectivity index (χ0) is 21.0. The number of hydrogen-bond donors (Lipinski definition) is 1. The molecule has 5 nitrogen and oxygen atoms in total. The minimum absolute atomic E-state index is 0.290. The minimum Gasteiger partial charge on any atom is -0.494 e. The van der Waals surface area contributed by atoms with E-state index in [1.54, 1.807) is 0 Å². The second-order valence-corrected chi connectivity index (χ2v) is 7.29. The zero-order valence-electron chi connectivity index (χ0n) is 17.3. The van der Waals surface area contributed by atoms with Gasteiger partial charge in [-0.1, -0.05) is 31.7 Å². The highest BCUT2D eigenvalue weighted by molar-refractivity contribution is 5.90. The minimum atomic E-state index is 0.290. The summed E-state index contributed by atoms with van der Waals surface area (Å²) in [4.78, 5) is 0. The first-order valence-electron chi connectivity index (χ1n) is 10.7. The van der Waals surface area contributed by atoms with Crippen molar-refractivity contribution in [3.8, 4) is 23.3 Å². The van der Waals surface area contributed by atoms with Crippen molar-refractivity contribution in [1.82, 2.24) is 0 Å². The smallest absolute Gasteiger partial charge is 0.161 e. The Bertz CT molecular complexity index is 868. The van der Waals surface area contributed by atoms with E-state index in [4.69, 9.17) is 19.3 Å². The van der Waals surface area contributed by atoms with Crippen molar-refractivity contribution >= 4 is 11.6 Å². The average molecular weight is 408 g/mol. The third kappa shape index (κ3) is 6.53. The Morgan fingerprint density at radius 3 is 2.37 bits per heavy atom. The van der Waals surface area contributed by atoms with Crippen LogP contribution in [0.4, 0.5) is 0 Å². The van der Waals surface area contributed by atoms with Gasteiger partial charge < -0.3 is 19.3 Å². The molecule has 0 amide bonds. The molecule has 0 fully saturated rings. The number of nitriles is 1. The Hall–Kier alpha value is -2.97. The second kappa shape index (κ2) is 11.9. The van der Waals surface area contributed by atoms with E-state index in [1.807, 2.05) is 48.5 Å². The summed E-state index contributed by atoms with van der Waals surface area (Å²) in [7, 11) is 0. The predicted molar refractivity (Wildman–Crippen MR) is 118 cm³/mol. The van der Waals surface area contributed by atoms with E-state index in [1.165, 1.54) is 12.8 Å². The molecule has 5 heteroatoms. The maximum Gasteiger partial charge on any atom is 0.161 e. The van der Waals surface area contributed by atoms with Gasteiger partial charge in [0.1, 0.15) is 19.0 Å². The second-order valence-electron chi connectivity index (χ2n) is 7.29. The number of aliphatic hydroxyl groups is 1. The summed E-state index contributed by atoms with van der Waals surface area (Å²) in [6.45, 7) is 2.08. The van der Waals surface area contributed by atoms with Crippen LogP contribution in [0.15, 0.2) is 42.5 Å². The Morgan fingerprint density at radius 2 is 1.63 bits per heavy atom. The maximum atomic E-state index is 9.61. The molecule has 30 heavy (non-hydrogen) atoms. The molecule has 0 bridgehead atoms. The van der Waals surface area contributed by atoms with Gasteiger partial charge in [0, 0.05) is 6.61 Å². The number of rotatable bonds is 11. The Balaban J connectivity index is 1.51. The quantitative estimate of drug-likeness (QED) is 0.314. The molecule has 1 aliphatic rings. The van der Waals surface area contributed by atoms with Crippen molar-refractivity contribution in [3.05, 3.63) is 53.6 Å². The van der Waals surface area contributed by atoms with Crippen LogP contribution in [0.3, 0.4) is 0 Å². The van der Waals surface area contributed by atoms with E-state index in [-0.39, 0.29) is 0 Å². The highest BCUT2D eigenvalue weighted by Gasteiger charge is 2.11. The lowest BCUT2D eigenvalue weighted by Crippen LogP contribution is -2.15. The molecule has 0 aliphatic carbocycles. The summed E-state index contributed by atoms with van der Waals surface area (Å²) < 4.78 is 17.0. The summed E-state index contributed by atoms with van der Waals surface area (Å²) in [5.74, 6) is 2.27. The van der Waals surface area contributed by atoms with Crippen molar-refractivity contribution in [2.24, 2.45) is 0 Å². The van der Waals surface area contributed by atoms with Gasteiger partial charge in [-0.15, -0.1) is 0 Å². The molecule has 2 aromatic carbocycles. The van der Waals surface area contributed by atoms with Gasteiger partial charge in [0.25, 0.3) is 0 Å². The summed E-state index contributed by atoms with van der Waals surface area (Å²) in [6.07, 6.45) is 8.36. The number of allylic oxidation sites excluding steroid dienone is 1. The van der Waals surface area contributed by atoms with Crippen LogP contribution in [0.1, 0.15) is 49.7 Å². The van der Waals surface area contributed by atoms with Crippen LogP contribution in [-0.4, -0.2) is 31.5 Å². The van der Waals surface area contributed by atoms with Crippen LogP contribution in [-0.2, 0) is 0 Å². The summed E-state index contributed by atoms with van der Waals surface area (Å²) >= 11 is 0. The Kier molecular flexibility index (Phi) is 8.62. The van der Waals surface area contributed by atoms with E-state index in [9.17, 15) is 5.26 Å². The molecule has 0 unspecified atom stereocenters. The topological polar surface area (TPSA) is 71.7 Å². The fraction of sp³-hybridized carbons (Fsp3) is 0.400. The molecule has 0 aromatic heterocycles. The number of hydrogen-bond acceptors (Lipinski definition) is 5. The molecule has 0 atom stereocenters. The van der Waals surface area contributed by atoms with E-state index in [0.717, 1.165) is 48.3 Å². The van der Waals surface area contributed by atoms with Crippen LogP contribution in [0.5, 0.6) is 17.2 Å². The first kappa shape index (κ1) is 21.7. The van der Waals surface area contributed by atoms with Gasteiger partial charge in [-0.05, 0) is 66.4 Å². The Morgan fingerprint density at radius 1 is 0.933 bits per heavy atom. The van der Waals surface area contributed by atoms with Gasteiger partial charge in [0.2, 0.25) is 0 Å². The maximum absolute atomic E-state index is 9.61. The van der Waals surface area contributed by atoms with Gasteiger partial charge in [0.15, 0.2) is 11.5 Å². The standard InChI is InChI=1S/C25H29NO4/c26-19-22(17-20-7-12-24-25(18-20)30-16-15-29-24)21-8-10-23(11-9-21)28-14-6-4-2-1-3-5-13-27/h7-12,17-18,27H,1-6,13-16H2/b22-17+. The molecule has 0 radical (unpaired) electrons. The molecule has 158 valence electrons. The van der Waals surface area contributed by atoms with Crippen LogP contribution in [0, 0.1) is 11.3 Å². The highest BCUT2D eigenvalue weighted by atomic mass is 16.6. The van der Waals surface area contributed by atoms with Crippen molar-refractivity contribution in [3.63, 3.8) is 0 Å². The normalized spacial score (nSPS) is 13.0. The largest absolute Gasteiger partial charge is 0.494 e. The number of nitrogens with zero attached hydrogens (tertiary/aromatic N) is 1. The van der Waals surface area contributed by atoms with Crippen molar-refractivity contribution in [2.45, 2.75) is 38.5 Å². The molecular formula is C25H29NO4. The number of fused-ring (bicyclic) bond motifs is 1. The Labute approximate surface area is 178 Å². The first-order chi connectivity index (χ1) is 14.8. The predicted octanol–water partition coefficient (Wildman–Crippen LogP) is 5.23. The van der Waals surface area contributed by atoms with E-state index in [0.29, 0.717) is 37.8 Å². The van der Waals surface area contributed by atoms with E-state index in [2.05, 4.69) is 6.07 Å². The third-order valence-corrected chi connectivity index (χ3v) is 4.98. The van der Waals surface area contributed by atoms with Gasteiger partial charge in [0.05, 0.1) is 18.2 Å². The van der Waals surface area contributed by atoms with Gasteiger partial charge in [-0.25, -0.2) is 0 Å². The molecule has 0 spiro atoms. The first-order valence-corrected chi connectivity index (χ1v) is 10.7. The summed E-state index contributed by atoms with van der Waals surface area (Å²) in [5.41, 5.74) is 2.33. The number of unbranched alkanes of at least 4 members (excludes halogenated alkanes) is 5. The molecule has 3 rings (SSSR count). The molecule has 2 aromatic rings. The average Bonchev–Trinajstić information content (AvgIpc) is 2.79. The number of ether oxygens (including phenoxy) is 3. The van der Waals surface area contributed by atoms with Crippen LogP contribution >= 0.6 is 0 Å². The molecule has 0 saturated carbocycles. The molecule has 1 N–H and O–H groups in total. The fourth-order valence-corrected chi connectivity index (χ4v) is 3.34. The molecule has 1 heterocycles. The monoisotopic (exact) mass is 407 g/mol. The van der Waals surface area contributed by atoms with Crippen molar-refractivity contribution in [2.75, 3.05) is 26.4 Å². The molecule has 0 saturated heterocycles. The lowest BCUT2D eigenvalue weighted by Gasteiger charge is -2.18. The van der Waals surface area contributed by atoms with Crippen molar-refractivity contribution < 1.29 is 19.3 Å². The van der Waals surface area contributed by atoms with E-state index < -0.39 is 0 Å². The zero-order valence-corrected chi connectivity index (χ0v) is 17.3. The van der Waals surface area contributed by atoms with Crippen molar-refractivity contribution in [1.29, 1.82) is 5.26 Å². The van der Waals surface area contributed by atoms with Gasteiger partial charge >= 0.3 is 0 Å². The number of benzene rings is 2. The SMILES string of the molecule is N#C/C(=C\c1ccc2c(c1)OCCO2)c1ccc(OCCCCCCCCO)cc1. The molecular weight excluding hydrogens is 378 g/mol. The van der Waals surface area contributed by atoms with E-state index >= 15 is 0 Å². The van der Waals surface area contributed by atoms with Crippen LogP contribution in [0.2, 0.25) is 0 Å². The van der Waals surface area contributed by atoms with Gasteiger partial charge in [-0.3, -0.25) is 0 Å². The summed E-state index contributed by atoms with van der Waals surface area (Å²) in [5, 5.41) is 18.4. The lowest BCUT2D eigenvalue weighted by molar-refractivity contribution is 0.171. The third-order valence-electron chi connectivity index (χ3n) is 4.98. The van der Waals surface area contributed by atoms with Crippen LogP contribution < -0.4 is 14.2 Å². The highest BCUT2D eigenvalue weighted by Crippen LogP contribution is 2.32. The fourth-order valence-electron chi connectivity index (χ4n) is 3.34. The summed E-state index contributed by atoms with van der Waals surface area (Å²) in [6, 6.07) is 15.6. The van der Waals surface area contributed by atoms with Crippen LogP contribution in [0.25, 0.3) is 11.6 Å². The number of aliphatic hydroxyl groups excluding tert-OH is 1.